The summed E-state index contributed by atoms with van der Waals surface area (Å²) in [7, 11) is 0. The van der Waals surface area contributed by atoms with Crippen molar-refractivity contribution in [3.05, 3.63) is 23.8 Å². The van der Waals surface area contributed by atoms with Gasteiger partial charge < -0.3 is 4.74 Å². The Hall–Kier alpha value is -1.38. The minimum atomic E-state index is -0.396. The highest BCUT2D eigenvalue weighted by atomic mass is 16.5. The van der Waals surface area contributed by atoms with Crippen LogP contribution in [0.2, 0.25) is 0 Å². The fourth-order valence-corrected chi connectivity index (χ4v) is 1.15. The summed E-state index contributed by atoms with van der Waals surface area (Å²) >= 11 is 0. The van der Waals surface area contributed by atoms with Gasteiger partial charge in [-0.25, -0.2) is 4.79 Å². The number of ether oxygens (including phenoxy) is 1. The zero-order valence-electron chi connectivity index (χ0n) is 7.74. The van der Waals surface area contributed by atoms with Gasteiger partial charge in [0.25, 0.3) is 0 Å². The Morgan fingerprint density at radius 2 is 2.31 bits per heavy atom. The van der Waals surface area contributed by atoms with Crippen molar-refractivity contribution in [1.82, 2.24) is 0 Å². The molecule has 0 amide bonds. The molecule has 0 fully saturated rings. The molecule has 0 heterocycles. The number of hydrogen-bond acceptors (Lipinski definition) is 3. The monoisotopic (exact) mass is 180 g/mol. The summed E-state index contributed by atoms with van der Waals surface area (Å²) in [5, 5.41) is 0. The maximum atomic E-state index is 11.3. The normalized spacial score (nSPS) is 21.2. The molecule has 3 heteroatoms. The van der Waals surface area contributed by atoms with Crippen molar-refractivity contribution in [3.8, 4) is 0 Å². The number of ketones is 1. The average Bonchev–Trinajstić information content (AvgIpc) is 2.10. The van der Waals surface area contributed by atoms with Crippen LogP contribution in [0, 0.1) is 5.92 Å². The molecule has 0 bridgehead atoms. The molecule has 1 unspecified atom stereocenters. The second-order valence-corrected chi connectivity index (χ2v) is 2.83. The van der Waals surface area contributed by atoms with Crippen LogP contribution in [0.3, 0.4) is 0 Å². The SMILES string of the molecule is CCOC(=O)C1=CC=CC(=O)C1C. The number of rotatable bonds is 2. The van der Waals surface area contributed by atoms with E-state index < -0.39 is 5.97 Å². The van der Waals surface area contributed by atoms with Crippen molar-refractivity contribution in [2.75, 3.05) is 6.61 Å². The number of hydrogen-bond donors (Lipinski definition) is 0. The van der Waals surface area contributed by atoms with E-state index in [0.717, 1.165) is 0 Å². The van der Waals surface area contributed by atoms with E-state index in [-0.39, 0.29) is 11.7 Å². The first kappa shape index (κ1) is 9.71. The molecule has 0 aromatic heterocycles. The third-order valence-electron chi connectivity index (χ3n) is 1.94. The predicted octanol–water partition coefficient (Wildman–Crippen LogP) is 1.25. The van der Waals surface area contributed by atoms with E-state index in [2.05, 4.69) is 0 Å². The van der Waals surface area contributed by atoms with Crippen LogP contribution in [0.25, 0.3) is 0 Å². The van der Waals surface area contributed by atoms with E-state index >= 15 is 0 Å². The second kappa shape index (κ2) is 4.03. The molecule has 1 aliphatic carbocycles. The maximum absolute atomic E-state index is 11.3. The third-order valence-corrected chi connectivity index (χ3v) is 1.94. The molecule has 0 radical (unpaired) electrons. The van der Waals surface area contributed by atoms with Gasteiger partial charge in [-0.3, -0.25) is 4.79 Å². The molecule has 3 nitrogen and oxygen atoms in total. The molecule has 0 saturated carbocycles. The van der Waals surface area contributed by atoms with E-state index in [0.29, 0.717) is 12.2 Å². The van der Waals surface area contributed by atoms with Crippen LogP contribution in [0.5, 0.6) is 0 Å². The lowest BCUT2D eigenvalue weighted by atomic mass is 9.92. The van der Waals surface area contributed by atoms with Crippen molar-refractivity contribution in [2.24, 2.45) is 5.92 Å². The minimum absolute atomic E-state index is 0.0504. The first-order valence-electron chi connectivity index (χ1n) is 4.26. The topological polar surface area (TPSA) is 43.4 Å². The molecule has 0 saturated heterocycles. The Bertz CT molecular complexity index is 287. The summed E-state index contributed by atoms with van der Waals surface area (Å²) in [5.74, 6) is -0.817. The largest absolute Gasteiger partial charge is 0.463 e. The van der Waals surface area contributed by atoms with Gasteiger partial charge in [-0.1, -0.05) is 19.1 Å². The molecule has 70 valence electrons. The standard InChI is InChI=1S/C10H12O3/c1-3-13-10(12)8-5-4-6-9(11)7(8)2/h4-7H,3H2,1-2H3. The molecular weight excluding hydrogens is 168 g/mol. The summed E-state index contributed by atoms with van der Waals surface area (Å²) in [4.78, 5) is 22.5. The molecule has 0 aromatic rings. The summed E-state index contributed by atoms with van der Waals surface area (Å²) in [6, 6.07) is 0. The summed E-state index contributed by atoms with van der Waals surface area (Å²) in [5.41, 5.74) is 0.439. The highest BCUT2D eigenvalue weighted by molar-refractivity contribution is 6.03. The van der Waals surface area contributed by atoms with Crippen LogP contribution >= 0.6 is 0 Å². The van der Waals surface area contributed by atoms with Crippen LogP contribution in [-0.4, -0.2) is 18.4 Å². The Kier molecular flexibility index (Phi) is 3.01. The molecule has 1 rings (SSSR count). The average molecular weight is 180 g/mol. The van der Waals surface area contributed by atoms with Gasteiger partial charge in [0.05, 0.1) is 12.5 Å². The lowest BCUT2D eigenvalue weighted by molar-refractivity contribution is -0.140. The minimum Gasteiger partial charge on any atom is -0.463 e. The summed E-state index contributed by atoms with van der Waals surface area (Å²) in [6.07, 6.45) is 4.67. The predicted molar refractivity (Wildman–Crippen MR) is 48.0 cm³/mol. The lowest BCUT2D eigenvalue weighted by Crippen LogP contribution is -2.21. The van der Waals surface area contributed by atoms with Gasteiger partial charge in [0.15, 0.2) is 5.78 Å². The Morgan fingerprint density at radius 3 is 2.92 bits per heavy atom. The van der Waals surface area contributed by atoms with Crippen LogP contribution in [0.1, 0.15) is 13.8 Å². The van der Waals surface area contributed by atoms with Crippen LogP contribution in [0.4, 0.5) is 0 Å². The summed E-state index contributed by atoms with van der Waals surface area (Å²) < 4.78 is 4.81. The van der Waals surface area contributed by atoms with E-state index in [9.17, 15) is 9.59 Å². The highest BCUT2D eigenvalue weighted by Crippen LogP contribution is 2.18. The maximum Gasteiger partial charge on any atom is 0.334 e. The van der Waals surface area contributed by atoms with E-state index in [4.69, 9.17) is 4.74 Å². The Labute approximate surface area is 77.1 Å². The third kappa shape index (κ3) is 2.05. The fraction of sp³-hybridized carbons (Fsp3) is 0.400. The zero-order valence-corrected chi connectivity index (χ0v) is 7.74. The van der Waals surface area contributed by atoms with Crippen LogP contribution < -0.4 is 0 Å². The molecule has 0 aromatic carbocycles. The summed E-state index contributed by atoms with van der Waals surface area (Å²) in [6.45, 7) is 3.78. The van der Waals surface area contributed by atoms with E-state index in [1.165, 1.54) is 6.08 Å². The lowest BCUT2D eigenvalue weighted by Gasteiger charge is -2.13. The molecule has 13 heavy (non-hydrogen) atoms. The Morgan fingerprint density at radius 1 is 1.62 bits per heavy atom. The molecule has 1 atom stereocenters. The van der Waals surface area contributed by atoms with Gasteiger partial charge in [-0.2, -0.15) is 0 Å². The molecule has 0 aliphatic heterocycles. The van der Waals surface area contributed by atoms with Gasteiger partial charge in [-0.15, -0.1) is 0 Å². The van der Waals surface area contributed by atoms with Crippen LogP contribution in [0.15, 0.2) is 23.8 Å². The van der Waals surface area contributed by atoms with Crippen molar-refractivity contribution in [2.45, 2.75) is 13.8 Å². The first-order valence-corrected chi connectivity index (χ1v) is 4.26. The second-order valence-electron chi connectivity index (χ2n) is 2.83. The number of carbonyl (C=O) groups excluding carboxylic acids is 2. The quantitative estimate of drug-likeness (QED) is 0.601. The van der Waals surface area contributed by atoms with Crippen molar-refractivity contribution < 1.29 is 14.3 Å². The van der Waals surface area contributed by atoms with Gasteiger partial charge in [0.2, 0.25) is 0 Å². The Balaban J connectivity index is 2.79. The van der Waals surface area contributed by atoms with Crippen molar-refractivity contribution in [1.29, 1.82) is 0 Å². The molecular formula is C10H12O3. The number of allylic oxidation sites excluding steroid dienone is 3. The highest BCUT2D eigenvalue weighted by Gasteiger charge is 2.24. The van der Waals surface area contributed by atoms with Gasteiger partial charge in [0, 0.05) is 5.57 Å². The fourth-order valence-electron chi connectivity index (χ4n) is 1.15. The molecule has 1 aliphatic rings. The van der Waals surface area contributed by atoms with Crippen LogP contribution in [-0.2, 0) is 14.3 Å². The van der Waals surface area contributed by atoms with E-state index in [1.54, 1.807) is 26.0 Å². The number of esters is 1. The molecule has 0 N–H and O–H groups in total. The smallest absolute Gasteiger partial charge is 0.334 e. The van der Waals surface area contributed by atoms with Gasteiger partial charge in [-0.05, 0) is 13.0 Å². The van der Waals surface area contributed by atoms with Gasteiger partial charge >= 0.3 is 5.97 Å². The van der Waals surface area contributed by atoms with Crippen molar-refractivity contribution in [3.63, 3.8) is 0 Å². The van der Waals surface area contributed by atoms with Crippen molar-refractivity contribution >= 4 is 11.8 Å². The van der Waals surface area contributed by atoms with Gasteiger partial charge in [0.1, 0.15) is 0 Å². The first-order chi connectivity index (χ1) is 6.16. The molecule has 0 spiro atoms. The number of carbonyl (C=O) groups is 2. The van der Waals surface area contributed by atoms with E-state index in [1.807, 2.05) is 0 Å². The zero-order chi connectivity index (χ0) is 9.84.